The molecule has 1 rings (SSSR count). The van der Waals surface area contributed by atoms with Crippen molar-refractivity contribution >= 4 is 6.09 Å². The minimum Gasteiger partial charge on any atom is -0.444 e. The summed E-state index contributed by atoms with van der Waals surface area (Å²) in [6.45, 7) is 7.12. The van der Waals surface area contributed by atoms with Gasteiger partial charge in [0.25, 0.3) is 0 Å². The van der Waals surface area contributed by atoms with E-state index in [1.807, 2.05) is 27.8 Å². The average Bonchev–Trinajstić information content (AvgIpc) is 2.72. The lowest BCUT2D eigenvalue weighted by molar-refractivity contribution is 0.0286. The maximum atomic E-state index is 11.9. The van der Waals surface area contributed by atoms with Crippen LogP contribution in [0.1, 0.15) is 33.6 Å². The van der Waals surface area contributed by atoms with Crippen molar-refractivity contribution in [2.45, 2.75) is 45.3 Å². The van der Waals surface area contributed by atoms with E-state index in [9.17, 15) is 4.79 Å². The van der Waals surface area contributed by atoms with Gasteiger partial charge in [-0.25, -0.2) is 4.79 Å². The Morgan fingerprint density at radius 1 is 1.61 bits per heavy atom. The predicted octanol–water partition coefficient (Wildman–Crippen LogP) is 1.85. The van der Waals surface area contributed by atoms with E-state index in [-0.39, 0.29) is 12.1 Å². The maximum absolute atomic E-state index is 11.9. The second-order valence-corrected chi connectivity index (χ2v) is 5.78. The Balaban J connectivity index is 2.50. The van der Waals surface area contributed by atoms with Crippen molar-refractivity contribution < 1.29 is 9.53 Å². The lowest BCUT2D eigenvalue weighted by Crippen LogP contribution is -2.38. The number of terminal acetylenes is 1. The molecule has 2 atom stereocenters. The Bertz CT molecular complexity index is 328. The monoisotopic (exact) mass is 252 g/mol. The molecule has 4 heteroatoms. The van der Waals surface area contributed by atoms with Gasteiger partial charge in [-0.05, 0) is 40.2 Å². The molecule has 102 valence electrons. The van der Waals surface area contributed by atoms with Crippen LogP contribution in [0.25, 0.3) is 0 Å². The number of likely N-dealkylation sites (tertiary alicyclic amines) is 1. The van der Waals surface area contributed by atoms with Gasteiger partial charge in [-0.2, -0.15) is 0 Å². The van der Waals surface area contributed by atoms with Crippen molar-refractivity contribution in [1.29, 1.82) is 0 Å². The molecule has 4 nitrogen and oxygen atoms in total. The number of hydrogen-bond donors (Lipinski definition) is 1. The number of nitrogens with one attached hydrogen (secondary N) is 1. The summed E-state index contributed by atoms with van der Waals surface area (Å²) >= 11 is 0. The number of hydrogen-bond acceptors (Lipinski definition) is 3. The number of carbonyl (C=O) groups is 1. The van der Waals surface area contributed by atoms with Crippen LogP contribution in [0, 0.1) is 18.3 Å². The smallest absolute Gasteiger partial charge is 0.410 e. The van der Waals surface area contributed by atoms with E-state index >= 15 is 0 Å². The molecule has 1 N–H and O–H groups in total. The second-order valence-electron chi connectivity index (χ2n) is 5.78. The van der Waals surface area contributed by atoms with Gasteiger partial charge in [0.2, 0.25) is 0 Å². The summed E-state index contributed by atoms with van der Waals surface area (Å²) < 4.78 is 5.37. The molecule has 0 spiro atoms. The third-order valence-electron chi connectivity index (χ3n) is 3.15. The third-order valence-corrected chi connectivity index (χ3v) is 3.15. The molecule has 0 bridgehead atoms. The van der Waals surface area contributed by atoms with Gasteiger partial charge in [0.05, 0.1) is 0 Å². The molecule has 0 saturated carbocycles. The molecular weight excluding hydrogens is 228 g/mol. The highest BCUT2D eigenvalue weighted by molar-refractivity contribution is 5.68. The quantitative estimate of drug-likeness (QED) is 0.779. The van der Waals surface area contributed by atoms with Gasteiger partial charge >= 0.3 is 6.09 Å². The Morgan fingerprint density at radius 3 is 2.78 bits per heavy atom. The zero-order valence-electron chi connectivity index (χ0n) is 11.8. The molecule has 0 aromatic carbocycles. The van der Waals surface area contributed by atoms with Crippen molar-refractivity contribution in [2.75, 3.05) is 20.1 Å². The third kappa shape index (κ3) is 4.23. The number of nitrogens with zero attached hydrogens (tertiary/aromatic N) is 1. The van der Waals surface area contributed by atoms with Crippen LogP contribution in [0.4, 0.5) is 4.79 Å². The normalized spacial score (nSPS) is 21.5. The standard InChI is InChI=1S/C14H24N2O2/c1-6-7-12(15-5)11-8-9-16(10-11)13(17)18-14(2,3)4/h1,11-12,15H,7-10H2,2-5H3. The summed E-state index contributed by atoms with van der Waals surface area (Å²) in [7, 11) is 1.91. The predicted molar refractivity (Wildman–Crippen MR) is 72.2 cm³/mol. The zero-order valence-corrected chi connectivity index (χ0v) is 11.8. The van der Waals surface area contributed by atoms with Crippen LogP contribution >= 0.6 is 0 Å². The first-order chi connectivity index (χ1) is 8.37. The molecule has 0 aromatic rings. The Labute approximate surface area is 110 Å². The van der Waals surface area contributed by atoms with Gasteiger partial charge in [-0.1, -0.05) is 0 Å². The van der Waals surface area contributed by atoms with E-state index in [0.29, 0.717) is 12.3 Å². The first kappa shape index (κ1) is 14.8. The molecule has 0 aliphatic carbocycles. The van der Waals surface area contributed by atoms with Gasteiger partial charge < -0.3 is 15.0 Å². The molecule has 0 aromatic heterocycles. The molecule has 18 heavy (non-hydrogen) atoms. The molecule has 1 aliphatic heterocycles. The Hall–Kier alpha value is -1.21. The van der Waals surface area contributed by atoms with Crippen LogP contribution in [0.15, 0.2) is 0 Å². The largest absolute Gasteiger partial charge is 0.444 e. The van der Waals surface area contributed by atoms with Crippen LogP contribution in [-0.4, -0.2) is 42.8 Å². The highest BCUT2D eigenvalue weighted by Crippen LogP contribution is 2.23. The van der Waals surface area contributed by atoms with Gasteiger partial charge in [-0.15, -0.1) is 12.3 Å². The van der Waals surface area contributed by atoms with Crippen molar-refractivity contribution in [3.8, 4) is 12.3 Å². The van der Waals surface area contributed by atoms with Gasteiger partial charge in [0.1, 0.15) is 5.60 Å². The topological polar surface area (TPSA) is 41.6 Å². The molecule has 1 saturated heterocycles. The molecule has 1 amide bonds. The minimum absolute atomic E-state index is 0.222. The molecule has 2 unspecified atom stereocenters. The molecule has 1 heterocycles. The van der Waals surface area contributed by atoms with Crippen molar-refractivity contribution in [2.24, 2.45) is 5.92 Å². The van der Waals surface area contributed by atoms with E-state index in [4.69, 9.17) is 11.2 Å². The first-order valence-corrected chi connectivity index (χ1v) is 6.46. The first-order valence-electron chi connectivity index (χ1n) is 6.46. The summed E-state index contributed by atoms with van der Waals surface area (Å²) in [5.74, 6) is 3.10. The lowest BCUT2D eigenvalue weighted by Gasteiger charge is -2.25. The zero-order chi connectivity index (χ0) is 13.8. The van der Waals surface area contributed by atoms with E-state index < -0.39 is 5.60 Å². The average molecular weight is 252 g/mol. The summed E-state index contributed by atoms with van der Waals surface area (Å²) in [5, 5.41) is 3.23. The second kappa shape index (κ2) is 6.10. The van der Waals surface area contributed by atoms with Crippen molar-refractivity contribution in [1.82, 2.24) is 10.2 Å². The van der Waals surface area contributed by atoms with E-state index in [0.717, 1.165) is 19.5 Å². The van der Waals surface area contributed by atoms with Gasteiger partial charge in [0, 0.05) is 25.6 Å². The van der Waals surface area contributed by atoms with Crippen molar-refractivity contribution in [3.05, 3.63) is 0 Å². The van der Waals surface area contributed by atoms with Gasteiger partial charge in [0.15, 0.2) is 0 Å². The fourth-order valence-electron chi connectivity index (χ4n) is 2.24. The summed E-state index contributed by atoms with van der Waals surface area (Å²) in [5.41, 5.74) is -0.434. The molecular formula is C14H24N2O2. The number of ether oxygens (including phenoxy) is 1. The Morgan fingerprint density at radius 2 is 2.28 bits per heavy atom. The van der Waals surface area contributed by atoms with Crippen molar-refractivity contribution in [3.63, 3.8) is 0 Å². The molecule has 0 radical (unpaired) electrons. The van der Waals surface area contributed by atoms with Crippen LogP contribution in [0.2, 0.25) is 0 Å². The lowest BCUT2D eigenvalue weighted by atomic mass is 9.97. The summed E-state index contributed by atoms with van der Waals surface area (Å²) in [6.07, 6.45) is 6.81. The van der Waals surface area contributed by atoms with E-state index in [2.05, 4.69) is 11.2 Å². The SMILES string of the molecule is C#CCC(NC)C1CCN(C(=O)OC(C)(C)C)C1. The minimum atomic E-state index is -0.434. The summed E-state index contributed by atoms with van der Waals surface area (Å²) in [4.78, 5) is 13.7. The highest BCUT2D eigenvalue weighted by atomic mass is 16.6. The molecule has 1 fully saturated rings. The van der Waals surface area contributed by atoms with Crippen LogP contribution in [0.3, 0.4) is 0 Å². The summed E-state index contributed by atoms with van der Waals surface area (Å²) in [6, 6.07) is 0.280. The fourth-order valence-corrected chi connectivity index (χ4v) is 2.24. The number of rotatable bonds is 3. The Kier molecular flexibility index (Phi) is 5.03. The number of amides is 1. The van der Waals surface area contributed by atoms with E-state index in [1.165, 1.54) is 0 Å². The highest BCUT2D eigenvalue weighted by Gasteiger charge is 2.33. The van der Waals surface area contributed by atoms with Gasteiger partial charge in [-0.3, -0.25) is 0 Å². The van der Waals surface area contributed by atoms with Crippen LogP contribution < -0.4 is 5.32 Å². The fraction of sp³-hybridized carbons (Fsp3) is 0.786. The van der Waals surface area contributed by atoms with Crippen LogP contribution in [0.5, 0.6) is 0 Å². The van der Waals surface area contributed by atoms with Crippen LogP contribution in [-0.2, 0) is 4.74 Å². The van der Waals surface area contributed by atoms with E-state index in [1.54, 1.807) is 4.90 Å². The molecule has 1 aliphatic rings. The maximum Gasteiger partial charge on any atom is 0.410 e. The number of carbonyl (C=O) groups excluding carboxylic acids is 1.